The lowest BCUT2D eigenvalue weighted by Crippen LogP contribution is -2.26. The topological polar surface area (TPSA) is 29.1 Å². The fourth-order valence-electron chi connectivity index (χ4n) is 4.72. The third-order valence-corrected chi connectivity index (χ3v) is 5.76. The monoisotopic (exact) mass is 285 g/mol. The van der Waals surface area contributed by atoms with E-state index in [1.807, 2.05) is 0 Å². The second-order valence-electron chi connectivity index (χ2n) is 7.28. The van der Waals surface area contributed by atoms with Crippen LogP contribution in [0.15, 0.2) is 6.07 Å². The molecular weight excluding hydrogens is 258 g/mol. The van der Waals surface area contributed by atoms with Crippen LogP contribution < -0.4 is 5.32 Å². The molecule has 0 saturated heterocycles. The number of hydrogen-bond donors (Lipinski definition) is 1. The molecule has 2 aliphatic rings. The highest BCUT2D eigenvalue weighted by Gasteiger charge is 2.44. The maximum absolute atomic E-state index is 11.6. The third kappa shape index (κ3) is 2.29. The number of anilines is 1. The normalized spacial score (nSPS) is 23.1. The van der Waals surface area contributed by atoms with E-state index in [1.165, 1.54) is 55.2 Å². The van der Waals surface area contributed by atoms with Gasteiger partial charge < -0.3 is 5.32 Å². The van der Waals surface area contributed by atoms with Crippen LogP contribution in [0, 0.1) is 13.8 Å². The van der Waals surface area contributed by atoms with Gasteiger partial charge in [0.05, 0.1) is 0 Å². The number of hydrogen-bond acceptors (Lipinski definition) is 1. The number of nitrogens with one attached hydrogen (secondary N) is 1. The van der Waals surface area contributed by atoms with Crippen molar-refractivity contribution in [1.29, 1.82) is 0 Å². The van der Waals surface area contributed by atoms with Crippen LogP contribution in [0.2, 0.25) is 0 Å². The summed E-state index contributed by atoms with van der Waals surface area (Å²) in [7, 11) is 0. The summed E-state index contributed by atoms with van der Waals surface area (Å²) in [6.07, 6.45) is 8.01. The van der Waals surface area contributed by atoms with Crippen molar-refractivity contribution in [1.82, 2.24) is 0 Å². The third-order valence-electron chi connectivity index (χ3n) is 5.76. The average molecular weight is 285 g/mol. The number of rotatable bonds is 1. The molecule has 1 aromatic carbocycles. The standard InChI is InChI=1S/C19H27NO/c1-12-10-16-17(18(14(12)3)20-15(4)21)13(2)11-19(16)8-6-5-7-9-19/h10,13H,5-9,11H2,1-4H3,(H,20,21)/t13-/m1/s1. The predicted octanol–water partition coefficient (Wildman–Crippen LogP) is 4.97. The highest BCUT2D eigenvalue weighted by Crippen LogP contribution is 2.56. The molecule has 1 amide bonds. The Bertz CT molecular complexity index is 582. The first-order chi connectivity index (χ1) is 9.94. The first kappa shape index (κ1) is 14.6. The molecule has 3 rings (SSSR count). The zero-order chi connectivity index (χ0) is 15.2. The van der Waals surface area contributed by atoms with E-state index in [1.54, 1.807) is 12.5 Å². The van der Waals surface area contributed by atoms with E-state index in [-0.39, 0.29) is 5.91 Å². The smallest absolute Gasteiger partial charge is 0.221 e. The molecule has 1 N–H and O–H groups in total. The Labute approximate surface area is 128 Å². The molecule has 0 unspecified atom stereocenters. The maximum Gasteiger partial charge on any atom is 0.221 e. The lowest BCUT2D eigenvalue weighted by molar-refractivity contribution is -0.114. The molecular formula is C19H27NO. The molecule has 0 aliphatic heterocycles. The van der Waals surface area contributed by atoms with Crippen molar-refractivity contribution in [2.75, 3.05) is 5.32 Å². The lowest BCUT2D eigenvalue weighted by atomic mass is 9.69. The predicted molar refractivity (Wildman–Crippen MR) is 88.0 cm³/mol. The molecule has 1 saturated carbocycles. The highest BCUT2D eigenvalue weighted by atomic mass is 16.1. The maximum atomic E-state index is 11.6. The van der Waals surface area contributed by atoms with Gasteiger partial charge in [0.1, 0.15) is 0 Å². The number of carbonyl (C=O) groups excluding carboxylic acids is 1. The van der Waals surface area contributed by atoms with Crippen molar-refractivity contribution >= 4 is 11.6 Å². The van der Waals surface area contributed by atoms with E-state index < -0.39 is 0 Å². The van der Waals surface area contributed by atoms with Gasteiger partial charge in [0, 0.05) is 12.6 Å². The Morgan fingerprint density at radius 3 is 2.52 bits per heavy atom. The lowest BCUT2D eigenvalue weighted by Gasteiger charge is -2.35. The molecule has 114 valence electrons. The number of benzene rings is 1. The summed E-state index contributed by atoms with van der Waals surface area (Å²) >= 11 is 0. The average Bonchev–Trinajstić information content (AvgIpc) is 2.68. The van der Waals surface area contributed by atoms with E-state index in [0.29, 0.717) is 11.3 Å². The van der Waals surface area contributed by atoms with E-state index in [9.17, 15) is 4.79 Å². The Kier molecular flexibility index (Phi) is 3.59. The Balaban J connectivity index is 2.17. The van der Waals surface area contributed by atoms with Gasteiger partial charge >= 0.3 is 0 Å². The summed E-state index contributed by atoms with van der Waals surface area (Å²) in [5, 5.41) is 3.13. The molecule has 1 fully saturated rings. The van der Waals surface area contributed by atoms with Gasteiger partial charge in [0.25, 0.3) is 0 Å². The van der Waals surface area contributed by atoms with Crippen molar-refractivity contribution in [2.24, 2.45) is 0 Å². The Hall–Kier alpha value is -1.31. The molecule has 1 spiro atoms. The number of amides is 1. The van der Waals surface area contributed by atoms with Crippen LogP contribution in [0.3, 0.4) is 0 Å². The van der Waals surface area contributed by atoms with E-state index in [0.717, 1.165) is 5.69 Å². The van der Waals surface area contributed by atoms with Gasteiger partial charge in [-0.3, -0.25) is 4.79 Å². The van der Waals surface area contributed by atoms with Gasteiger partial charge in [-0.25, -0.2) is 0 Å². The quantitative estimate of drug-likeness (QED) is 0.775. The minimum Gasteiger partial charge on any atom is -0.326 e. The van der Waals surface area contributed by atoms with Crippen LogP contribution >= 0.6 is 0 Å². The van der Waals surface area contributed by atoms with Gasteiger partial charge in [-0.15, -0.1) is 0 Å². The number of aryl methyl sites for hydroxylation is 1. The largest absolute Gasteiger partial charge is 0.326 e. The zero-order valence-electron chi connectivity index (χ0n) is 13.8. The summed E-state index contributed by atoms with van der Waals surface area (Å²) in [6, 6.07) is 2.42. The van der Waals surface area contributed by atoms with E-state index >= 15 is 0 Å². The summed E-state index contributed by atoms with van der Waals surface area (Å²) < 4.78 is 0. The zero-order valence-corrected chi connectivity index (χ0v) is 13.8. The second kappa shape index (κ2) is 5.15. The summed E-state index contributed by atoms with van der Waals surface area (Å²) in [4.78, 5) is 11.6. The van der Waals surface area contributed by atoms with Gasteiger partial charge in [-0.1, -0.05) is 32.3 Å². The van der Waals surface area contributed by atoms with Crippen LogP contribution in [0.5, 0.6) is 0 Å². The second-order valence-corrected chi connectivity index (χ2v) is 7.28. The van der Waals surface area contributed by atoms with Crippen LogP contribution in [-0.2, 0) is 10.2 Å². The van der Waals surface area contributed by atoms with Crippen molar-refractivity contribution in [3.8, 4) is 0 Å². The van der Waals surface area contributed by atoms with Crippen molar-refractivity contribution in [3.63, 3.8) is 0 Å². The van der Waals surface area contributed by atoms with Gasteiger partial charge in [0.15, 0.2) is 0 Å². The highest BCUT2D eigenvalue weighted by molar-refractivity contribution is 5.91. The summed E-state index contributed by atoms with van der Waals surface area (Å²) in [5.74, 6) is 0.599. The van der Waals surface area contributed by atoms with Crippen LogP contribution in [0.25, 0.3) is 0 Å². The molecule has 0 radical (unpaired) electrons. The molecule has 2 aliphatic carbocycles. The summed E-state index contributed by atoms with van der Waals surface area (Å²) in [6.45, 7) is 8.27. The molecule has 0 bridgehead atoms. The minimum atomic E-state index is 0.0442. The molecule has 1 atom stereocenters. The molecule has 1 aromatic rings. The number of carbonyl (C=O) groups is 1. The fourth-order valence-corrected chi connectivity index (χ4v) is 4.72. The van der Waals surface area contributed by atoms with Crippen molar-refractivity contribution in [3.05, 3.63) is 28.3 Å². The van der Waals surface area contributed by atoms with E-state index in [2.05, 4.69) is 32.2 Å². The Morgan fingerprint density at radius 2 is 1.90 bits per heavy atom. The number of fused-ring (bicyclic) bond motifs is 2. The summed E-state index contributed by atoms with van der Waals surface area (Å²) in [5.41, 5.74) is 7.02. The van der Waals surface area contributed by atoms with Crippen LogP contribution in [0.1, 0.15) is 80.5 Å². The molecule has 21 heavy (non-hydrogen) atoms. The van der Waals surface area contributed by atoms with Crippen LogP contribution in [0.4, 0.5) is 5.69 Å². The molecule has 0 aromatic heterocycles. The molecule has 2 nitrogen and oxygen atoms in total. The molecule has 0 heterocycles. The SMILES string of the molecule is CC(=O)Nc1c(C)c(C)cc2c1[C@H](C)CC21CCCCC1. The first-order valence-corrected chi connectivity index (χ1v) is 8.37. The van der Waals surface area contributed by atoms with E-state index in [4.69, 9.17) is 0 Å². The molecule has 2 heteroatoms. The van der Waals surface area contributed by atoms with Crippen molar-refractivity contribution in [2.45, 2.75) is 77.6 Å². The van der Waals surface area contributed by atoms with Gasteiger partial charge in [-0.05, 0) is 66.7 Å². The van der Waals surface area contributed by atoms with Gasteiger partial charge in [0.2, 0.25) is 5.91 Å². The Morgan fingerprint density at radius 1 is 1.24 bits per heavy atom. The van der Waals surface area contributed by atoms with Gasteiger partial charge in [-0.2, -0.15) is 0 Å². The van der Waals surface area contributed by atoms with Crippen LogP contribution in [-0.4, -0.2) is 5.91 Å². The minimum absolute atomic E-state index is 0.0442. The fraction of sp³-hybridized carbons (Fsp3) is 0.632. The first-order valence-electron chi connectivity index (χ1n) is 8.37. The van der Waals surface area contributed by atoms with Crippen molar-refractivity contribution < 1.29 is 4.79 Å².